The first kappa shape index (κ1) is 15.7. The molecule has 112 valence electrons. The molecule has 0 amide bonds. The van der Waals surface area contributed by atoms with Crippen LogP contribution < -0.4 is 10.1 Å². The molecule has 1 aliphatic rings. The molecule has 0 heterocycles. The van der Waals surface area contributed by atoms with Crippen LogP contribution in [0.25, 0.3) is 0 Å². The maximum atomic E-state index is 6.14. The van der Waals surface area contributed by atoms with E-state index in [1.807, 2.05) is 12.1 Å². The van der Waals surface area contributed by atoms with E-state index in [9.17, 15) is 0 Å². The fourth-order valence-electron chi connectivity index (χ4n) is 3.08. The molecule has 0 aliphatic heterocycles. The van der Waals surface area contributed by atoms with Crippen LogP contribution in [0.4, 0.5) is 0 Å². The van der Waals surface area contributed by atoms with Crippen molar-refractivity contribution in [2.45, 2.75) is 45.6 Å². The predicted molar refractivity (Wildman–Crippen MR) is 85.4 cm³/mol. The summed E-state index contributed by atoms with van der Waals surface area (Å²) in [7, 11) is 1.64. The molecule has 0 radical (unpaired) electrons. The first-order valence-electron chi connectivity index (χ1n) is 7.76. The molecule has 1 aromatic carbocycles. The van der Waals surface area contributed by atoms with Gasteiger partial charge in [0, 0.05) is 6.54 Å². The Hall–Kier alpha value is -0.730. The lowest BCUT2D eigenvalue weighted by atomic mass is 9.81. The van der Waals surface area contributed by atoms with E-state index in [0.29, 0.717) is 5.02 Å². The summed E-state index contributed by atoms with van der Waals surface area (Å²) < 4.78 is 5.17. The normalized spacial score (nSPS) is 22.8. The Labute approximate surface area is 127 Å². The molecule has 2 nitrogen and oxygen atoms in total. The molecule has 3 heteroatoms. The van der Waals surface area contributed by atoms with Gasteiger partial charge in [-0.3, -0.25) is 0 Å². The van der Waals surface area contributed by atoms with Crippen molar-refractivity contribution in [3.05, 3.63) is 28.8 Å². The summed E-state index contributed by atoms with van der Waals surface area (Å²) in [6, 6.07) is 6.00. The third kappa shape index (κ3) is 4.39. The quantitative estimate of drug-likeness (QED) is 0.824. The third-order valence-electron chi connectivity index (χ3n) is 4.52. The van der Waals surface area contributed by atoms with Crippen molar-refractivity contribution >= 4 is 11.6 Å². The van der Waals surface area contributed by atoms with Crippen LogP contribution in [0, 0.1) is 11.8 Å². The third-order valence-corrected chi connectivity index (χ3v) is 4.82. The Morgan fingerprint density at radius 2 is 1.90 bits per heavy atom. The molecule has 0 unspecified atom stereocenters. The molecule has 1 fully saturated rings. The number of benzene rings is 1. The number of ether oxygens (including phenoxy) is 1. The van der Waals surface area contributed by atoms with Gasteiger partial charge in [-0.15, -0.1) is 0 Å². The molecule has 2 rings (SSSR count). The Kier molecular flexibility index (Phi) is 6.18. The molecule has 1 aliphatic carbocycles. The van der Waals surface area contributed by atoms with Crippen LogP contribution >= 0.6 is 11.6 Å². The molecule has 1 N–H and O–H groups in total. The van der Waals surface area contributed by atoms with Crippen LogP contribution in [0.5, 0.6) is 5.75 Å². The van der Waals surface area contributed by atoms with Crippen LogP contribution in [-0.4, -0.2) is 13.7 Å². The van der Waals surface area contributed by atoms with E-state index in [1.54, 1.807) is 7.11 Å². The highest BCUT2D eigenvalue weighted by molar-refractivity contribution is 6.32. The molecule has 0 aromatic heterocycles. The summed E-state index contributed by atoms with van der Waals surface area (Å²) in [5.41, 5.74) is 1.22. The SMILES string of the molecule is CCC1CCC(CNCc2ccc(OC)c(Cl)c2)CC1. The van der Waals surface area contributed by atoms with Crippen molar-refractivity contribution in [2.75, 3.05) is 13.7 Å². The maximum absolute atomic E-state index is 6.14. The van der Waals surface area contributed by atoms with Gasteiger partial charge in [0.15, 0.2) is 0 Å². The van der Waals surface area contributed by atoms with Gasteiger partial charge in [0.05, 0.1) is 12.1 Å². The van der Waals surface area contributed by atoms with Gasteiger partial charge in [-0.05, 0) is 48.9 Å². The first-order valence-corrected chi connectivity index (χ1v) is 8.13. The maximum Gasteiger partial charge on any atom is 0.137 e. The summed E-state index contributed by atoms with van der Waals surface area (Å²) in [5.74, 6) is 2.58. The van der Waals surface area contributed by atoms with Gasteiger partial charge >= 0.3 is 0 Å². The second-order valence-electron chi connectivity index (χ2n) is 5.89. The van der Waals surface area contributed by atoms with Crippen molar-refractivity contribution in [1.82, 2.24) is 5.32 Å². The number of rotatable bonds is 6. The highest BCUT2D eigenvalue weighted by Crippen LogP contribution is 2.30. The molecular formula is C17H26ClNO. The number of nitrogens with one attached hydrogen (secondary N) is 1. The van der Waals surface area contributed by atoms with Gasteiger partial charge in [0.1, 0.15) is 5.75 Å². The number of hydrogen-bond acceptors (Lipinski definition) is 2. The Bertz CT molecular complexity index is 413. The largest absolute Gasteiger partial charge is 0.495 e. The van der Waals surface area contributed by atoms with Gasteiger partial charge in [0.25, 0.3) is 0 Å². The van der Waals surface area contributed by atoms with E-state index >= 15 is 0 Å². The molecule has 0 spiro atoms. The Morgan fingerprint density at radius 1 is 1.20 bits per heavy atom. The van der Waals surface area contributed by atoms with E-state index < -0.39 is 0 Å². The zero-order valence-electron chi connectivity index (χ0n) is 12.6. The summed E-state index contributed by atoms with van der Waals surface area (Å²) in [4.78, 5) is 0. The molecule has 1 saturated carbocycles. The average Bonchev–Trinajstić information content (AvgIpc) is 2.48. The summed E-state index contributed by atoms with van der Waals surface area (Å²) in [6.07, 6.45) is 6.95. The van der Waals surface area contributed by atoms with E-state index in [0.717, 1.165) is 30.7 Å². The lowest BCUT2D eigenvalue weighted by molar-refractivity contribution is 0.262. The highest BCUT2D eigenvalue weighted by Gasteiger charge is 2.19. The number of methoxy groups -OCH3 is 1. The monoisotopic (exact) mass is 295 g/mol. The first-order chi connectivity index (χ1) is 9.72. The van der Waals surface area contributed by atoms with Crippen LogP contribution in [0.3, 0.4) is 0 Å². The van der Waals surface area contributed by atoms with Gasteiger partial charge < -0.3 is 10.1 Å². The van der Waals surface area contributed by atoms with E-state index in [-0.39, 0.29) is 0 Å². The minimum absolute atomic E-state index is 0.690. The second-order valence-corrected chi connectivity index (χ2v) is 6.30. The van der Waals surface area contributed by atoms with Crippen LogP contribution in [-0.2, 0) is 6.54 Å². The summed E-state index contributed by atoms with van der Waals surface area (Å²) in [5, 5.41) is 4.26. The van der Waals surface area contributed by atoms with Crippen molar-refractivity contribution in [1.29, 1.82) is 0 Å². The summed E-state index contributed by atoms with van der Waals surface area (Å²) >= 11 is 6.14. The van der Waals surface area contributed by atoms with E-state index in [4.69, 9.17) is 16.3 Å². The second kappa shape index (κ2) is 7.90. The molecule has 0 saturated heterocycles. The van der Waals surface area contributed by atoms with Crippen molar-refractivity contribution in [3.63, 3.8) is 0 Å². The van der Waals surface area contributed by atoms with Gasteiger partial charge in [-0.25, -0.2) is 0 Å². The highest BCUT2D eigenvalue weighted by atomic mass is 35.5. The summed E-state index contributed by atoms with van der Waals surface area (Å²) in [6.45, 7) is 4.33. The lowest BCUT2D eigenvalue weighted by Gasteiger charge is -2.27. The fraction of sp³-hybridized carbons (Fsp3) is 0.647. The van der Waals surface area contributed by atoms with Crippen molar-refractivity contribution in [2.24, 2.45) is 11.8 Å². The van der Waals surface area contributed by atoms with Crippen molar-refractivity contribution < 1.29 is 4.74 Å². The van der Waals surface area contributed by atoms with Gasteiger partial charge in [0.2, 0.25) is 0 Å². The van der Waals surface area contributed by atoms with Crippen LogP contribution in [0.15, 0.2) is 18.2 Å². The zero-order chi connectivity index (χ0) is 14.4. The fourth-order valence-corrected chi connectivity index (χ4v) is 3.36. The lowest BCUT2D eigenvalue weighted by Crippen LogP contribution is -2.26. The van der Waals surface area contributed by atoms with E-state index in [2.05, 4.69) is 18.3 Å². The molecular weight excluding hydrogens is 270 g/mol. The minimum Gasteiger partial charge on any atom is -0.495 e. The van der Waals surface area contributed by atoms with Gasteiger partial charge in [-0.1, -0.05) is 43.9 Å². The zero-order valence-corrected chi connectivity index (χ0v) is 13.4. The smallest absolute Gasteiger partial charge is 0.137 e. The minimum atomic E-state index is 0.690. The van der Waals surface area contributed by atoms with Gasteiger partial charge in [-0.2, -0.15) is 0 Å². The average molecular weight is 296 g/mol. The number of halogens is 1. The molecule has 20 heavy (non-hydrogen) atoms. The number of hydrogen-bond donors (Lipinski definition) is 1. The van der Waals surface area contributed by atoms with Crippen LogP contribution in [0.2, 0.25) is 5.02 Å². The van der Waals surface area contributed by atoms with E-state index in [1.165, 1.54) is 37.7 Å². The predicted octanol–water partition coefficient (Wildman–Crippen LogP) is 4.65. The molecule has 1 aromatic rings. The van der Waals surface area contributed by atoms with Crippen LogP contribution in [0.1, 0.15) is 44.6 Å². The molecule has 0 bridgehead atoms. The van der Waals surface area contributed by atoms with Crippen molar-refractivity contribution in [3.8, 4) is 5.75 Å². The molecule has 0 atom stereocenters. The Morgan fingerprint density at radius 3 is 2.50 bits per heavy atom. The Balaban J connectivity index is 1.72. The standard InChI is InChI=1S/C17H26ClNO/c1-3-13-4-6-14(7-5-13)11-19-12-15-8-9-17(20-2)16(18)10-15/h8-10,13-14,19H,3-7,11-12H2,1-2H3. The topological polar surface area (TPSA) is 21.3 Å².